The maximum Gasteiger partial charge on any atom is 0.276 e. The Kier molecular flexibility index (Phi) is 3.72. The number of piperidine rings is 1. The van der Waals surface area contributed by atoms with E-state index in [1.165, 1.54) is 0 Å². The van der Waals surface area contributed by atoms with Gasteiger partial charge in [-0.2, -0.15) is 5.10 Å². The van der Waals surface area contributed by atoms with Crippen LogP contribution < -0.4 is 0 Å². The van der Waals surface area contributed by atoms with E-state index in [0.29, 0.717) is 29.7 Å². The molecule has 0 unspecified atom stereocenters. The molecule has 0 aliphatic carbocycles. The number of nitrogens with zero attached hydrogens (tertiary/aromatic N) is 5. The number of aryl methyl sites for hydroxylation is 1. The Labute approximate surface area is 143 Å². The summed E-state index contributed by atoms with van der Waals surface area (Å²) >= 11 is 6.33. The number of amides is 1. The quantitative estimate of drug-likeness (QED) is 0.774. The number of hydrogen-bond donors (Lipinski definition) is 1. The van der Waals surface area contributed by atoms with Gasteiger partial charge in [0.15, 0.2) is 11.3 Å². The van der Waals surface area contributed by atoms with Crippen molar-refractivity contribution in [2.45, 2.75) is 25.7 Å². The smallest absolute Gasteiger partial charge is 0.276 e. The molecule has 1 N–H and O–H groups in total. The fourth-order valence-corrected chi connectivity index (χ4v) is 3.40. The van der Waals surface area contributed by atoms with Crippen molar-refractivity contribution in [1.29, 1.82) is 0 Å². The molecule has 1 saturated heterocycles. The summed E-state index contributed by atoms with van der Waals surface area (Å²) < 4.78 is 1.57. The van der Waals surface area contributed by atoms with Gasteiger partial charge in [0.1, 0.15) is 10.8 Å². The van der Waals surface area contributed by atoms with Crippen LogP contribution in [0.25, 0.3) is 5.65 Å². The van der Waals surface area contributed by atoms with E-state index in [1.807, 2.05) is 19.3 Å². The molecule has 24 heavy (non-hydrogen) atoms. The van der Waals surface area contributed by atoms with Crippen LogP contribution in [0.1, 0.15) is 40.6 Å². The number of rotatable bonds is 2. The Bertz CT molecular complexity index is 879. The number of hydrogen-bond acceptors (Lipinski definition) is 4. The number of nitrogens with one attached hydrogen (secondary N) is 1. The van der Waals surface area contributed by atoms with Gasteiger partial charge in [-0.3, -0.25) is 4.79 Å². The van der Waals surface area contributed by atoms with Gasteiger partial charge >= 0.3 is 0 Å². The van der Waals surface area contributed by atoms with Crippen LogP contribution in [-0.4, -0.2) is 48.5 Å². The van der Waals surface area contributed by atoms with E-state index >= 15 is 0 Å². The molecule has 1 aliphatic heterocycles. The highest BCUT2D eigenvalue weighted by Gasteiger charge is 2.29. The molecule has 1 aliphatic rings. The Morgan fingerprint density at radius 3 is 2.83 bits per heavy atom. The van der Waals surface area contributed by atoms with Crippen molar-refractivity contribution in [3.8, 4) is 0 Å². The van der Waals surface area contributed by atoms with Crippen molar-refractivity contribution in [3.05, 3.63) is 46.9 Å². The minimum atomic E-state index is -0.138. The number of fused-ring (bicyclic) bond motifs is 1. The summed E-state index contributed by atoms with van der Waals surface area (Å²) in [7, 11) is 0. The van der Waals surface area contributed by atoms with E-state index in [-0.39, 0.29) is 11.6 Å². The van der Waals surface area contributed by atoms with Gasteiger partial charge in [-0.05, 0) is 25.3 Å². The molecule has 0 atom stereocenters. The standard InChI is InChI=1S/C16H17ClN6O/c1-10-8-20-15-12(17)13(21-23(15)9-10)16(24)22-6-2-11(3-7-22)14-18-4-5-19-14/h4-5,8-9,11H,2-3,6-7H2,1H3,(H,18,19). The molecule has 7 nitrogen and oxygen atoms in total. The molecule has 8 heteroatoms. The van der Waals surface area contributed by atoms with Crippen molar-refractivity contribution >= 4 is 23.2 Å². The lowest BCUT2D eigenvalue weighted by molar-refractivity contribution is 0.0705. The topological polar surface area (TPSA) is 79.2 Å². The van der Waals surface area contributed by atoms with Crippen LogP contribution in [0.2, 0.25) is 5.02 Å². The number of carbonyl (C=O) groups excluding carboxylic acids is 1. The van der Waals surface area contributed by atoms with Crippen molar-refractivity contribution in [2.24, 2.45) is 0 Å². The lowest BCUT2D eigenvalue weighted by Crippen LogP contribution is -2.38. The number of likely N-dealkylation sites (tertiary alicyclic amines) is 1. The van der Waals surface area contributed by atoms with Crippen LogP contribution in [0, 0.1) is 6.92 Å². The zero-order valence-electron chi connectivity index (χ0n) is 13.2. The molecular weight excluding hydrogens is 328 g/mol. The van der Waals surface area contributed by atoms with Gasteiger partial charge in [0.25, 0.3) is 5.91 Å². The fourth-order valence-electron chi connectivity index (χ4n) is 3.14. The van der Waals surface area contributed by atoms with Crippen LogP contribution in [0.15, 0.2) is 24.8 Å². The van der Waals surface area contributed by atoms with Crippen molar-refractivity contribution in [3.63, 3.8) is 0 Å². The zero-order valence-corrected chi connectivity index (χ0v) is 14.0. The molecule has 0 aromatic carbocycles. The summed E-state index contributed by atoms with van der Waals surface area (Å²) in [5.41, 5.74) is 1.74. The van der Waals surface area contributed by atoms with Gasteiger partial charge in [-0.1, -0.05) is 11.6 Å². The first-order valence-corrected chi connectivity index (χ1v) is 8.30. The molecule has 0 saturated carbocycles. The Morgan fingerprint density at radius 1 is 1.33 bits per heavy atom. The lowest BCUT2D eigenvalue weighted by atomic mass is 9.96. The highest BCUT2D eigenvalue weighted by molar-refractivity contribution is 6.36. The molecule has 0 bridgehead atoms. The minimum Gasteiger partial charge on any atom is -0.348 e. The molecule has 4 rings (SSSR count). The second kappa shape index (κ2) is 5.90. The van der Waals surface area contributed by atoms with Gasteiger partial charge < -0.3 is 9.88 Å². The number of halogens is 1. The molecule has 0 radical (unpaired) electrons. The molecule has 3 aromatic rings. The summed E-state index contributed by atoms with van der Waals surface area (Å²) in [5.74, 6) is 1.22. The van der Waals surface area contributed by atoms with E-state index in [0.717, 1.165) is 24.2 Å². The molecule has 1 fully saturated rings. The molecule has 4 heterocycles. The predicted molar refractivity (Wildman–Crippen MR) is 89.2 cm³/mol. The summed E-state index contributed by atoms with van der Waals surface area (Å²) in [5, 5.41) is 4.64. The molecule has 3 aromatic heterocycles. The van der Waals surface area contributed by atoms with E-state index in [2.05, 4.69) is 20.1 Å². The summed E-state index contributed by atoms with van der Waals surface area (Å²) in [4.78, 5) is 26.3. The first kappa shape index (κ1) is 15.1. The highest BCUT2D eigenvalue weighted by atomic mass is 35.5. The number of imidazole rings is 1. The van der Waals surface area contributed by atoms with Gasteiger partial charge in [0.05, 0.1) is 0 Å². The van der Waals surface area contributed by atoms with E-state index < -0.39 is 0 Å². The maximum atomic E-state index is 12.8. The second-order valence-corrected chi connectivity index (χ2v) is 6.48. The van der Waals surface area contributed by atoms with E-state index in [9.17, 15) is 4.79 Å². The summed E-state index contributed by atoms with van der Waals surface area (Å²) in [6.45, 7) is 3.25. The van der Waals surface area contributed by atoms with E-state index in [1.54, 1.807) is 21.8 Å². The predicted octanol–water partition coefficient (Wildman–Crippen LogP) is 2.43. The van der Waals surface area contributed by atoms with Gasteiger partial charge in [-0.25, -0.2) is 14.5 Å². The summed E-state index contributed by atoms with van der Waals surface area (Å²) in [6, 6.07) is 0. The monoisotopic (exact) mass is 344 g/mol. The Morgan fingerprint density at radius 2 is 2.12 bits per heavy atom. The van der Waals surface area contributed by atoms with Crippen LogP contribution in [-0.2, 0) is 0 Å². The molecular formula is C16H17ClN6O. The Balaban J connectivity index is 1.53. The van der Waals surface area contributed by atoms with Gasteiger partial charge in [-0.15, -0.1) is 0 Å². The molecule has 1 amide bonds. The number of aromatic amines is 1. The van der Waals surface area contributed by atoms with E-state index in [4.69, 9.17) is 11.6 Å². The van der Waals surface area contributed by atoms with Gasteiger partial charge in [0, 0.05) is 43.8 Å². The number of carbonyl (C=O) groups is 1. The lowest BCUT2D eigenvalue weighted by Gasteiger charge is -2.30. The zero-order chi connectivity index (χ0) is 16.7. The van der Waals surface area contributed by atoms with Crippen molar-refractivity contribution < 1.29 is 4.79 Å². The molecule has 0 spiro atoms. The second-order valence-electron chi connectivity index (χ2n) is 6.10. The third-order valence-corrected chi connectivity index (χ3v) is 4.78. The van der Waals surface area contributed by atoms with Gasteiger partial charge in [0.2, 0.25) is 0 Å². The third-order valence-electron chi connectivity index (χ3n) is 4.44. The fraction of sp³-hybridized carbons (Fsp3) is 0.375. The maximum absolute atomic E-state index is 12.8. The largest absolute Gasteiger partial charge is 0.348 e. The number of H-pyrrole nitrogens is 1. The average Bonchev–Trinajstić information content (AvgIpc) is 3.23. The normalized spacial score (nSPS) is 16.0. The first-order valence-electron chi connectivity index (χ1n) is 7.92. The SMILES string of the molecule is Cc1cnc2c(Cl)c(C(=O)N3CCC(c4ncc[nH]4)CC3)nn2c1. The first-order chi connectivity index (χ1) is 11.6. The molecule has 124 valence electrons. The van der Waals surface area contributed by atoms with Crippen LogP contribution >= 0.6 is 11.6 Å². The number of aromatic nitrogens is 5. The summed E-state index contributed by atoms with van der Waals surface area (Å²) in [6.07, 6.45) is 8.87. The van der Waals surface area contributed by atoms with Crippen LogP contribution in [0.3, 0.4) is 0 Å². The van der Waals surface area contributed by atoms with Crippen LogP contribution in [0.5, 0.6) is 0 Å². The highest BCUT2D eigenvalue weighted by Crippen LogP contribution is 2.28. The minimum absolute atomic E-state index is 0.138. The average molecular weight is 345 g/mol. The van der Waals surface area contributed by atoms with Crippen molar-refractivity contribution in [1.82, 2.24) is 29.5 Å². The third kappa shape index (κ3) is 2.54. The van der Waals surface area contributed by atoms with Crippen LogP contribution in [0.4, 0.5) is 0 Å². The Hall–Kier alpha value is -2.41. The van der Waals surface area contributed by atoms with Crippen molar-refractivity contribution in [2.75, 3.05) is 13.1 Å².